The van der Waals surface area contributed by atoms with Gasteiger partial charge in [0.25, 0.3) is 0 Å². The van der Waals surface area contributed by atoms with E-state index in [1.165, 1.54) is 12.8 Å². The number of anilines is 2. The van der Waals surface area contributed by atoms with E-state index in [0.717, 1.165) is 6.54 Å². The number of rotatable bonds is 3. The predicted molar refractivity (Wildman–Crippen MR) is 62.0 cm³/mol. The van der Waals surface area contributed by atoms with E-state index in [1.807, 2.05) is 0 Å². The van der Waals surface area contributed by atoms with Gasteiger partial charge in [0, 0.05) is 19.6 Å². The molecule has 1 aromatic heterocycles. The maximum atomic E-state index is 5.06. The average molecular weight is 223 g/mol. The smallest absolute Gasteiger partial charge is 0.322 e. The van der Waals surface area contributed by atoms with Crippen molar-refractivity contribution in [2.24, 2.45) is 0 Å². The van der Waals surface area contributed by atoms with Gasteiger partial charge < -0.3 is 15.0 Å². The van der Waals surface area contributed by atoms with Gasteiger partial charge in [-0.2, -0.15) is 15.0 Å². The first kappa shape index (κ1) is 10.9. The summed E-state index contributed by atoms with van der Waals surface area (Å²) in [4.78, 5) is 14.9. The molecule has 1 aromatic rings. The number of methoxy groups -OCH3 is 1. The fraction of sp³-hybridized carbons (Fsp3) is 0.700. The largest absolute Gasteiger partial charge is 0.467 e. The summed E-state index contributed by atoms with van der Waals surface area (Å²) in [7, 11) is 3.35. The van der Waals surface area contributed by atoms with E-state index in [1.54, 1.807) is 14.2 Å². The molecule has 0 amide bonds. The molecule has 2 heterocycles. The third-order valence-electron chi connectivity index (χ3n) is 2.82. The van der Waals surface area contributed by atoms with Crippen LogP contribution in [0.5, 0.6) is 6.01 Å². The first-order chi connectivity index (χ1) is 7.74. The number of ether oxygens (including phenoxy) is 1. The Hall–Kier alpha value is -1.59. The Kier molecular flexibility index (Phi) is 3.07. The molecule has 0 aliphatic carbocycles. The van der Waals surface area contributed by atoms with Gasteiger partial charge in [0.2, 0.25) is 11.9 Å². The molecule has 1 aliphatic heterocycles. The zero-order valence-corrected chi connectivity index (χ0v) is 9.90. The van der Waals surface area contributed by atoms with Crippen molar-refractivity contribution < 1.29 is 4.74 Å². The van der Waals surface area contributed by atoms with Crippen LogP contribution in [0.3, 0.4) is 0 Å². The SMILES string of the molecule is CNc1nc(OC)nc(N2CCCC2C)n1. The maximum absolute atomic E-state index is 5.06. The minimum atomic E-state index is 0.355. The van der Waals surface area contributed by atoms with Crippen molar-refractivity contribution in [3.63, 3.8) is 0 Å². The molecule has 0 radical (unpaired) electrons. The fourth-order valence-corrected chi connectivity index (χ4v) is 1.91. The van der Waals surface area contributed by atoms with E-state index in [-0.39, 0.29) is 0 Å². The summed E-state index contributed by atoms with van der Waals surface area (Å²) in [5, 5.41) is 2.91. The van der Waals surface area contributed by atoms with Crippen molar-refractivity contribution in [3.05, 3.63) is 0 Å². The predicted octanol–water partition coefficient (Wildman–Crippen LogP) is 0.911. The maximum Gasteiger partial charge on any atom is 0.322 e. The Labute approximate surface area is 95.1 Å². The van der Waals surface area contributed by atoms with Crippen LogP contribution in [0, 0.1) is 0 Å². The van der Waals surface area contributed by atoms with E-state index >= 15 is 0 Å². The highest BCUT2D eigenvalue weighted by Gasteiger charge is 2.23. The second-order valence-electron chi connectivity index (χ2n) is 3.88. The zero-order chi connectivity index (χ0) is 11.5. The summed E-state index contributed by atoms with van der Waals surface area (Å²) >= 11 is 0. The van der Waals surface area contributed by atoms with Gasteiger partial charge in [-0.15, -0.1) is 0 Å². The van der Waals surface area contributed by atoms with Crippen molar-refractivity contribution in [2.45, 2.75) is 25.8 Å². The molecule has 1 saturated heterocycles. The molecule has 0 saturated carbocycles. The standard InChI is InChI=1S/C10H17N5O/c1-7-5-4-6-15(7)9-12-8(11-2)13-10(14-9)16-3/h7H,4-6H2,1-3H3,(H,11,12,13,14). The Balaban J connectivity index is 2.31. The molecule has 1 fully saturated rings. The van der Waals surface area contributed by atoms with Crippen LogP contribution in [0.25, 0.3) is 0 Å². The van der Waals surface area contributed by atoms with Crippen LogP contribution < -0.4 is 15.0 Å². The number of nitrogens with zero attached hydrogens (tertiary/aromatic N) is 4. The number of hydrogen-bond donors (Lipinski definition) is 1. The number of nitrogens with one attached hydrogen (secondary N) is 1. The first-order valence-corrected chi connectivity index (χ1v) is 5.49. The summed E-state index contributed by atoms with van der Waals surface area (Å²) in [6.07, 6.45) is 2.37. The molecule has 6 heteroatoms. The first-order valence-electron chi connectivity index (χ1n) is 5.49. The van der Waals surface area contributed by atoms with Crippen LogP contribution in [0.1, 0.15) is 19.8 Å². The monoisotopic (exact) mass is 223 g/mol. The third-order valence-corrected chi connectivity index (χ3v) is 2.82. The molecule has 0 spiro atoms. The summed E-state index contributed by atoms with van der Waals surface area (Å²) in [6.45, 7) is 3.18. The van der Waals surface area contributed by atoms with Gasteiger partial charge in [-0.3, -0.25) is 0 Å². The van der Waals surface area contributed by atoms with Crippen LogP contribution in [-0.2, 0) is 0 Å². The molecule has 6 nitrogen and oxygen atoms in total. The second-order valence-corrected chi connectivity index (χ2v) is 3.88. The molecular weight excluding hydrogens is 206 g/mol. The topological polar surface area (TPSA) is 63.2 Å². The molecule has 88 valence electrons. The van der Waals surface area contributed by atoms with Crippen molar-refractivity contribution >= 4 is 11.9 Å². The summed E-state index contributed by atoms with van der Waals surface area (Å²) in [5.74, 6) is 1.24. The van der Waals surface area contributed by atoms with Crippen molar-refractivity contribution in [1.29, 1.82) is 0 Å². The molecule has 16 heavy (non-hydrogen) atoms. The van der Waals surface area contributed by atoms with Crippen LogP contribution >= 0.6 is 0 Å². The Morgan fingerprint density at radius 3 is 2.75 bits per heavy atom. The number of hydrogen-bond acceptors (Lipinski definition) is 6. The average Bonchev–Trinajstić information content (AvgIpc) is 2.74. The van der Waals surface area contributed by atoms with Crippen molar-refractivity contribution in [1.82, 2.24) is 15.0 Å². The van der Waals surface area contributed by atoms with E-state index in [0.29, 0.717) is 23.9 Å². The van der Waals surface area contributed by atoms with Crippen molar-refractivity contribution in [2.75, 3.05) is 30.9 Å². The quantitative estimate of drug-likeness (QED) is 0.821. The molecule has 0 bridgehead atoms. The van der Waals surface area contributed by atoms with Gasteiger partial charge in [-0.05, 0) is 19.8 Å². The lowest BCUT2D eigenvalue weighted by molar-refractivity contribution is 0.378. The highest BCUT2D eigenvalue weighted by Crippen LogP contribution is 2.23. The normalized spacial score (nSPS) is 19.9. The van der Waals surface area contributed by atoms with Gasteiger partial charge in [0.15, 0.2) is 0 Å². The van der Waals surface area contributed by atoms with E-state index in [9.17, 15) is 0 Å². The molecule has 1 aliphatic rings. The summed E-state index contributed by atoms with van der Waals surface area (Å²) in [5.41, 5.74) is 0. The molecule has 2 rings (SSSR count). The molecule has 1 unspecified atom stereocenters. The number of aromatic nitrogens is 3. The fourth-order valence-electron chi connectivity index (χ4n) is 1.91. The van der Waals surface area contributed by atoms with Gasteiger partial charge in [0.1, 0.15) is 0 Å². The summed E-state index contributed by atoms with van der Waals surface area (Å²) < 4.78 is 5.06. The van der Waals surface area contributed by atoms with Crippen LogP contribution in [0.2, 0.25) is 0 Å². The minimum absolute atomic E-state index is 0.355. The van der Waals surface area contributed by atoms with Crippen LogP contribution in [0.15, 0.2) is 0 Å². The summed E-state index contributed by atoms with van der Waals surface area (Å²) in [6, 6.07) is 0.838. The lowest BCUT2D eigenvalue weighted by Gasteiger charge is -2.21. The van der Waals surface area contributed by atoms with Crippen LogP contribution in [0.4, 0.5) is 11.9 Å². The van der Waals surface area contributed by atoms with Crippen molar-refractivity contribution in [3.8, 4) is 6.01 Å². The van der Waals surface area contributed by atoms with Crippen LogP contribution in [-0.4, -0.2) is 41.7 Å². The van der Waals surface area contributed by atoms with E-state index < -0.39 is 0 Å². The van der Waals surface area contributed by atoms with Gasteiger partial charge in [-0.1, -0.05) is 0 Å². The highest BCUT2D eigenvalue weighted by molar-refractivity contribution is 5.39. The molecule has 1 atom stereocenters. The van der Waals surface area contributed by atoms with E-state index in [2.05, 4.69) is 32.1 Å². The van der Waals surface area contributed by atoms with E-state index in [4.69, 9.17) is 4.74 Å². The Bertz CT molecular complexity index is 348. The van der Waals surface area contributed by atoms with Gasteiger partial charge >= 0.3 is 6.01 Å². The molecule has 0 aromatic carbocycles. The molecule has 1 N–H and O–H groups in total. The van der Waals surface area contributed by atoms with Gasteiger partial charge in [-0.25, -0.2) is 0 Å². The van der Waals surface area contributed by atoms with Gasteiger partial charge in [0.05, 0.1) is 7.11 Å². The lowest BCUT2D eigenvalue weighted by Crippen LogP contribution is -2.28. The Morgan fingerprint density at radius 1 is 1.38 bits per heavy atom. The highest BCUT2D eigenvalue weighted by atomic mass is 16.5. The zero-order valence-electron chi connectivity index (χ0n) is 9.90. The minimum Gasteiger partial charge on any atom is -0.467 e. The molecular formula is C10H17N5O. The lowest BCUT2D eigenvalue weighted by atomic mass is 10.2. The Morgan fingerprint density at radius 2 is 2.19 bits per heavy atom. The third kappa shape index (κ3) is 2.00. The second kappa shape index (κ2) is 4.51.